The molecule has 0 amide bonds. The highest BCUT2D eigenvalue weighted by atomic mass is 19.1. The number of anilines is 2. The van der Waals surface area contributed by atoms with Crippen LogP contribution in [0.5, 0.6) is 0 Å². The summed E-state index contributed by atoms with van der Waals surface area (Å²) < 4.78 is 19.3. The fraction of sp³-hybridized carbons (Fsp3) is 0.692. The minimum Gasteiger partial charge on any atom is -0.374 e. The first kappa shape index (κ1) is 14.9. The maximum Gasteiger partial charge on any atom is 0.224 e. The highest BCUT2D eigenvalue weighted by molar-refractivity contribution is 5.41. The van der Waals surface area contributed by atoms with Gasteiger partial charge in [0.1, 0.15) is 0 Å². The molecule has 7 heteroatoms. The molecule has 1 aromatic rings. The van der Waals surface area contributed by atoms with Crippen molar-refractivity contribution in [2.45, 2.75) is 20.0 Å². The molecule has 0 aliphatic carbocycles. The van der Waals surface area contributed by atoms with Crippen molar-refractivity contribution in [3.63, 3.8) is 0 Å². The molecule has 2 rings (SSSR count). The van der Waals surface area contributed by atoms with E-state index >= 15 is 0 Å². The number of nitrogens with zero attached hydrogens (tertiary/aromatic N) is 3. The van der Waals surface area contributed by atoms with Gasteiger partial charge in [-0.05, 0) is 13.5 Å². The first-order valence-corrected chi connectivity index (χ1v) is 7.07. The van der Waals surface area contributed by atoms with Crippen LogP contribution in [0.3, 0.4) is 0 Å². The predicted octanol–water partition coefficient (Wildman–Crippen LogP) is 1.18. The minimum absolute atomic E-state index is 0.0562. The Morgan fingerprint density at radius 2 is 2.30 bits per heavy atom. The van der Waals surface area contributed by atoms with Crippen molar-refractivity contribution >= 4 is 11.8 Å². The van der Waals surface area contributed by atoms with Crippen molar-refractivity contribution in [3.05, 3.63) is 12.0 Å². The number of aromatic nitrogens is 2. The van der Waals surface area contributed by atoms with Gasteiger partial charge >= 0.3 is 0 Å². The quantitative estimate of drug-likeness (QED) is 0.817. The monoisotopic (exact) mass is 283 g/mol. The molecule has 0 bridgehead atoms. The Morgan fingerprint density at radius 1 is 1.45 bits per heavy atom. The lowest BCUT2D eigenvalue weighted by atomic mass is 10.2. The molecular weight excluding hydrogens is 261 g/mol. The second-order valence-electron chi connectivity index (χ2n) is 4.69. The molecule has 1 fully saturated rings. The van der Waals surface area contributed by atoms with E-state index in [0.29, 0.717) is 19.0 Å². The van der Waals surface area contributed by atoms with Gasteiger partial charge in [-0.15, -0.1) is 0 Å². The maximum atomic E-state index is 13.6. The van der Waals surface area contributed by atoms with Crippen LogP contribution < -0.4 is 10.6 Å². The van der Waals surface area contributed by atoms with E-state index in [1.807, 2.05) is 6.92 Å². The summed E-state index contributed by atoms with van der Waals surface area (Å²) in [6.45, 7) is 8.84. The molecular formula is C13H22FN5O. The maximum absolute atomic E-state index is 13.6. The standard InChI is InChI=1S/C13H22FN5O/c1-3-15-13-17-8-11(14)12(18-13)16-7-10-9-19(4-2)5-6-20-10/h8,10H,3-7,9H2,1-2H3,(H2,15,16,17,18). The molecule has 1 aliphatic rings. The van der Waals surface area contributed by atoms with Gasteiger partial charge in [-0.25, -0.2) is 9.37 Å². The summed E-state index contributed by atoms with van der Waals surface area (Å²) in [4.78, 5) is 10.3. The third kappa shape index (κ3) is 4.01. The van der Waals surface area contributed by atoms with Crippen LogP contribution in [0.4, 0.5) is 16.2 Å². The first-order valence-electron chi connectivity index (χ1n) is 7.07. The molecule has 20 heavy (non-hydrogen) atoms. The van der Waals surface area contributed by atoms with Gasteiger partial charge in [0.05, 0.1) is 18.9 Å². The Hall–Kier alpha value is -1.47. The molecule has 1 aromatic heterocycles. The molecule has 112 valence electrons. The number of halogens is 1. The van der Waals surface area contributed by atoms with Crippen LogP contribution >= 0.6 is 0 Å². The van der Waals surface area contributed by atoms with E-state index in [0.717, 1.165) is 26.2 Å². The van der Waals surface area contributed by atoms with Crippen molar-refractivity contribution < 1.29 is 9.13 Å². The first-order chi connectivity index (χ1) is 9.72. The summed E-state index contributed by atoms with van der Waals surface area (Å²) in [5.74, 6) is 0.194. The zero-order chi connectivity index (χ0) is 14.4. The van der Waals surface area contributed by atoms with Crippen molar-refractivity contribution in [2.75, 3.05) is 50.0 Å². The Labute approximate surface area is 118 Å². The number of ether oxygens (including phenoxy) is 1. The molecule has 6 nitrogen and oxygen atoms in total. The van der Waals surface area contributed by atoms with E-state index in [1.165, 1.54) is 6.20 Å². The average Bonchev–Trinajstić information content (AvgIpc) is 2.48. The number of likely N-dealkylation sites (N-methyl/N-ethyl adjacent to an activating group) is 1. The summed E-state index contributed by atoms with van der Waals surface area (Å²) in [6, 6.07) is 0. The number of hydrogen-bond donors (Lipinski definition) is 2. The lowest BCUT2D eigenvalue weighted by Gasteiger charge is -2.32. The van der Waals surface area contributed by atoms with Crippen molar-refractivity contribution in [1.29, 1.82) is 0 Å². The highest BCUT2D eigenvalue weighted by Crippen LogP contribution is 2.13. The molecule has 0 aromatic carbocycles. The Morgan fingerprint density at radius 3 is 3.05 bits per heavy atom. The summed E-state index contributed by atoms with van der Waals surface area (Å²) >= 11 is 0. The second-order valence-corrected chi connectivity index (χ2v) is 4.69. The third-order valence-corrected chi connectivity index (χ3v) is 3.25. The number of nitrogens with one attached hydrogen (secondary N) is 2. The van der Waals surface area contributed by atoms with E-state index < -0.39 is 5.82 Å². The van der Waals surface area contributed by atoms with Crippen LogP contribution in [0, 0.1) is 5.82 Å². The molecule has 2 heterocycles. The lowest BCUT2D eigenvalue weighted by molar-refractivity contribution is -0.0192. The van der Waals surface area contributed by atoms with Crippen molar-refractivity contribution in [1.82, 2.24) is 14.9 Å². The fourth-order valence-corrected chi connectivity index (χ4v) is 2.14. The average molecular weight is 283 g/mol. The normalized spacial score (nSPS) is 19.9. The topological polar surface area (TPSA) is 62.3 Å². The van der Waals surface area contributed by atoms with E-state index in [4.69, 9.17) is 4.74 Å². The molecule has 0 saturated carbocycles. The smallest absolute Gasteiger partial charge is 0.224 e. The number of rotatable bonds is 6. The lowest BCUT2D eigenvalue weighted by Crippen LogP contribution is -2.45. The minimum atomic E-state index is -0.449. The summed E-state index contributed by atoms with van der Waals surface area (Å²) in [6.07, 6.45) is 1.23. The van der Waals surface area contributed by atoms with Crippen LogP contribution in [0.2, 0.25) is 0 Å². The fourth-order valence-electron chi connectivity index (χ4n) is 2.14. The Balaban J connectivity index is 1.91. The second kappa shape index (κ2) is 7.35. The van der Waals surface area contributed by atoms with E-state index in [1.54, 1.807) is 0 Å². The molecule has 0 spiro atoms. The van der Waals surface area contributed by atoms with Crippen molar-refractivity contribution in [2.24, 2.45) is 0 Å². The van der Waals surface area contributed by atoms with Crippen LogP contribution in [0.25, 0.3) is 0 Å². The molecule has 1 aliphatic heterocycles. The van der Waals surface area contributed by atoms with Crippen LogP contribution in [0.1, 0.15) is 13.8 Å². The SMILES string of the molecule is CCNc1ncc(F)c(NCC2CN(CC)CCO2)n1. The van der Waals surface area contributed by atoms with Gasteiger partial charge in [-0.1, -0.05) is 6.92 Å². The Kier molecular flexibility index (Phi) is 5.49. The van der Waals surface area contributed by atoms with Gasteiger partial charge in [0, 0.05) is 26.2 Å². The molecule has 2 N–H and O–H groups in total. The number of hydrogen-bond acceptors (Lipinski definition) is 6. The van der Waals surface area contributed by atoms with E-state index in [9.17, 15) is 4.39 Å². The van der Waals surface area contributed by atoms with Gasteiger partial charge in [-0.2, -0.15) is 4.98 Å². The largest absolute Gasteiger partial charge is 0.374 e. The van der Waals surface area contributed by atoms with Crippen LogP contribution in [-0.4, -0.2) is 60.3 Å². The van der Waals surface area contributed by atoms with E-state index in [-0.39, 0.29) is 11.9 Å². The van der Waals surface area contributed by atoms with E-state index in [2.05, 4.69) is 32.4 Å². The summed E-state index contributed by atoms with van der Waals surface area (Å²) in [5.41, 5.74) is 0. The summed E-state index contributed by atoms with van der Waals surface area (Å²) in [5, 5.41) is 5.97. The third-order valence-electron chi connectivity index (χ3n) is 3.25. The Bertz CT molecular complexity index is 431. The molecule has 0 radical (unpaired) electrons. The van der Waals surface area contributed by atoms with Gasteiger partial charge in [0.15, 0.2) is 11.6 Å². The predicted molar refractivity (Wildman–Crippen MR) is 76.5 cm³/mol. The molecule has 1 unspecified atom stereocenters. The molecule has 1 atom stereocenters. The summed E-state index contributed by atoms with van der Waals surface area (Å²) in [7, 11) is 0. The van der Waals surface area contributed by atoms with Crippen LogP contribution in [0.15, 0.2) is 6.20 Å². The zero-order valence-corrected chi connectivity index (χ0v) is 12.0. The van der Waals surface area contributed by atoms with Gasteiger partial charge < -0.3 is 15.4 Å². The van der Waals surface area contributed by atoms with Gasteiger partial charge in [0.2, 0.25) is 5.95 Å². The van der Waals surface area contributed by atoms with Crippen molar-refractivity contribution in [3.8, 4) is 0 Å². The number of morpholine rings is 1. The van der Waals surface area contributed by atoms with Gasteiger partial charge in [0.25, 0.3) is 0 Å². The molecule has 1 saturated heterocycles. The highest BCUT2D eigenvalue weighted by Gasteiger charge is 2.19. The van der Waals surface area contributed by atoms with Gasteiger partial charge in [-0.3, -0.25) is 4.90 Å². The van der Waals surface area contributed by atoms with Crippen LogP contribution in [-0.2, 0) is 4.74 Å². The zero-order valence-electron chi connectivity index (χ0n) is 12.0.